The van der Waals surface area contributed by atoms with E-state index in [1.807, 2.05) is 37.9 Å². The van der Waals surface area contributed by atoms with E-state index in [0.29, 0.717) is 18.0 Å². The minimum Gasteiger partial charge on any atom is -0.342 e. The molecule has 2 N–H and O–H groups in total. The number of rotatable bonds is 4. The summed E-state index contributed by atoms with van der Waals surface area (Å²) in [4.78, 5) is 27.9. The lowest BCUT2D eigenvalue weighted by Crippen LogP contribution is -2.58. The average Bonchev–Trinajstić information content (AvgIpc) is 2.83. The molecule has 35 heavy (non-hydrogen) atoms. The normalized spacial score (nSPS) is 25.0. The second-order valence-electron chi connectivity index (χ2n) is 9.45. The molecule has 2 amide bonds. The van der Waals surface area contributed by atoms with Crippen LogP contribution in [-0.2, 0) is 11.0 Å². The lowest BCUT2D eigenvalue weighted by atomic mass is 9.75. The molecule has 0 aromatic heterocycles. The van der Waals surface area contributed by atoms with E-state index in [1.165, 1.54) is 12.1 Å². The van der Waals surface area contributed by atoms with Crippen molar-refractivity contribution in [2.45, 2.75) is 50.9 Å². The van der Waals surface area contributed by atoms with Gasteiger partial charge in [0.2, 0.25) is 5.91 Å². The van der Waals surface area contributed by atoms with Crippen LogP contribution in [0, 0.1) is 12.8 Å². The number of fused-ring (bicyclic) bond motifs is 1. The maximum absolute atomic E-state index is 13.4. The standard InChI is InChI=1S/C27H30F3N3O2/c1-4-6-20-14-24-18(15-31-20)12-23(26(35)33(24)3)22-13-21(10-9-16(22)2)32-25(34)17-7-5-8-19(11-17)27(28,29)30/h4-11,13,18,20,23-24,31H,12,14-15H2,1-3H3,(H,32,34)/b6-4+. The highest BCUT2D eigenvalue weighted by atomic mass is 19.4. The van der Waals surface area contributed by atoms with Crippen LogP contribution < -0.4 is 10.6 Å². The first-order valence-corrected chi connectivity index (χ1v) is 11.8. The Hall–Kier alpha value is -3.13. The molecule has 2 saturated heterocycles. The SMILES string of the molecule is C/C=C/C1CC2C(CN1)CC(c1cc(NC(=O)c3cccc(C(F)(F)F)c3)ccc1C)C(=O)N2C. The maximum atomic E-state index is 13.4. The number of aryl methyl sites for hydroxylation is 1. The van der Waals surface area contributed by atoms with Crippen LogP contribution in [0.4, 0.5) is 18.9 Å². The first-order valence-electron chi connectivity index (χ1n) is 11.8. The molecule has 8 heteroatoms. The van der Waals surface area contributed by atoms with E-state index >= 15 is 0 Å². The van der Waals surface area contributed by atoms with Crippen LogP contribution in [0.3, 0.4) is 0 Å². The molecule has 5 nitrogen and oxygen atoms in total. The van der Waals surface area contributed by atoms with E-state index < -0.39 is 17.6 Å². The number of anilines is 1. The van der Waals surface area contributed by atoms with Crippen LogP contribution in [0.25, 0.3) is 0 Å². The Kier molecular flexibility index (Phi) is 7.03. The number of nitrogens with zero attached hydrogens (tertiary/aromatic N) is 1. The summed E-state index contributed by atoms with van der Waals surface area (Å²) in [5.41, 5.74) is 1.25. The van der Waals surface area contributed by atoms with Gasteiger partial charge in [-0.2, -0.15) is 13.2 Å². The summed E-state index contributed by atoms with van der Waals surface area (Å²) in [6.07, 6.45) is 1.19. The molecule has 0 saturated carbocycles. The maximum Gasteiger partial charge on any atom is 0.416 e. The topological polar surface area (TPSA) is 61.4 Å². The molecular formula is C27H30F3N3O2. The third kappa shape index (κ3) is 5.27. The highest BCUT2D eigenvalue weighted by Crippen LogP contribution is 2.39. The number of allylic oxidation sites excluding steroid dienone is 1. The molecule has 4 atom stereocenters. The van der Waals surface area contributed by atoms with Crippen LogP contribution in [0.2, 0.25) is 0 Å². The quantitative estimate of drug-likeness (QED) is 0.590. The van der Waals surface area contributed by atoms with Crippen LogP contribution in [0.15, 0.2) is 54.6 Å². The van der Waals surface area contributed by atoms with Crippen LogP contribution in [0.1, 0.15) is 52.7 Å². The minimum absolute atomic E-state index is 0.0526. The van der Waals surface area contributed by atoms with Crippen molar-refractivity contribution >= 4 is 17.5 Å². The molecule has 4 rings (SSSR count). The Morgan fingerprint density at radius 3 is 2.66 bits per heavy atom. The summed E-state index contributed by atoms with van der Waals surface area (Å²) in [6.45, 7) is 4.73. The molecule has 2 aromatic carbocycles. The molecule has 0 radical (unpaired) electrons. The summed E-state index contributed by atoms with van der Waals surface area (Å²) in [6, 6.07) is 10.1. The van der Waals surface area contributed by atoms with E-state index in [1.54, 1.807) is 12.1 Å². The van der Waals surface area contributed by atoms with Crippen LogP contribution in [0.5, 0.6) is 0 Å². The predicted octanol–water partition coefficient (Wildman–Crippen LogP) is 5.13. The van der Waals surface area contributed by atoms with Crippen molar-refractivity contribution < 1.29 is 22.8 Å². The second kappa shape index (κ2) is 9.85. The van der Waals surface area contributed by atoms with E-state index in [4.69, 9.17) is 0 Å². The number of likely N-dealkylation sites (tertiary alicyclic amines) is 1. The number of carbonyl (C=O) groups is 2. The number of carbonyl (C=O) groups excluding carboxylic acids is 2. The summed E-state index contributed by atoms with van der Waals surface area (Å²) in [5.74, 6) is -0.611. The number of halogens is 3. The van der Waals surface area contributed by atoms with Gasteiger partial charge < -0.3 is 15.5 Å². The Balaban J connectivity index is 1.54. The molecule has 2 fully saturated rings. The van der Waals surface area contributed by atoms with Gasteiger partial charge in [-0.05, 0) is 74.1 Å². The second-order valence-corrected chi connectivity index (χ2v) is 9.45. The molecule has 186 valence electrons. The van der Waals surface area contributed by atoms with Crippen LogP contribution in [-0.4, -0.2) is 42.4 Å². The van der Waals surface area contributed by atoms with Gasteiger partial charge >= 0.3 is 6.18 Å². The number of hydrogen-bond acceptors (Lipinski definition) is 3. The zero-order chi connectivity index (χ0) is 25.3. The lowest BCUT2D eigenvalue weighted by Gasteiger charge is -2.47. The molecule has 4 unspecified atom stereocenters. The minimum atomic E-state index is -4.53. The first kappa shape index (κ1) is 25.0. The molecule has 2 heterocycles. The fraction of sp³-hybridized carbons (Fsp3) is 0.407. The van der Waals surface area contributed by atoms with Gasteiger partial charge in [-0.3, -0.25) is 9.59 Å². The average molecular weight is 486 g/mol. The van der Waals surface area contributed by atoms with Crippen molar-refractivity contribution in [3.8, 4) is 0 Å². The number of piperidine rings is 2. The van der Waals surface area contributed by atoms with Gasteiger partial charge in [0.05, 0.1) is 11.5 Å². The molecular weight excluding hydrogens is 455 g/mol. The van der Waals surface area contributed by atoms with Crippen molar-refractivity contribution in [2.24, 2.45) is 5.92 Å². The van der Waals surface area contributed by atoms with Gasteiger partial charge in [0.25, 0.3) is 5.91 Å². The van der Waals surface area contributed by atoms with Crippen molar-refractivity contribution in [1.82, 2.24) is 10.2 Å². The van der Waals surface area contributed by atoms with E-state index in [9.17, 15) is 22.8 Å². The number of nitrogens with one attached hydrogen (secondary N) is 2. The third-order valence-corrected chi connectivity index (χ3v) is 7.15. The Labute approximate surface area is 203 Å². The van der Waals surface area contributed by atoms with Gasteiger partial charge in [0.1, 0.15) is 0 Å². The molecule has 2 aliphatic rings. The Bertz CT molecular complexity index is 1140. The van der Waals surface area contributed by atoms with Crippen molar-refractivity contribution in [3.63, 3.8) is 0 Å². The molecule has 0 spiro atoms. The number of hydrogen-bond donors (Lipinski definition) is 2. The zero-order valence-corrected chi connectivity index (χ0v) is 20.0. The van der Waals surface area contributed by atoms with Gasteiger partial charge in [-0.15, -0.1) is 0 Å². The molecule has 2 aromatic rings. The van der Waals surface area contributed by atoms with Gasteiger partial charge in [0, 0.05) is 36.9 Å². The fourth-order valence-corrected chi connectivity index (χ4v) is 5.27. The highest BCUT2D eigenvalue weighted by molar-refractivity contribution is 6.04. The number of benzene rings is 2. The number of alkyl halides is 3. The smallest absolute Gasteiger partial charge is 0.342 e. The summed E-state index contributed by atoms with van der Waals surface area (Å²) in [7, 11) is 1.86. The number of amides is 2. The van der Waals surface area contributed by atoms with E-state index in [-0.39, 0.29) is 29.5 Å². The van der Waals surface area contributed by atoms with Gasteiger partial charge in [0.15, 0.2) is 0 Å². The summed E-state index contributed by atoms with van der Waals surface area (Å²) in [5, 5.41) is 6.24. The molecule has 2 aliphatic heterocycles. The van der Waals surface area contributed by atoms with Crippen molar-refractivity contribution in [3.05, 3.63) is 76.9 Å². The third-order valence-electron chi connectivity index (χ3n) is 7.15. The molecule has 0 bridgehead atoms. The monoisotopic (exact) mass is 485 g/mol. The van der Waals surface area contributed by atoms with Crippen LogP contribution >= 0.6 is 0 Å². The number of likely N-dealkylation sites (N-methyl/N-ethyl adjacent to an activating group) is 1. The van der Waals surface area contributed by atoms with Crippen molar-refractivity contribution in [2.75, 3.05) is 18.9 Å². The van der Waals surface area contributed by atoms with Crippen molar-refractivity contribution in [1.29, 1.82) is 0 Å². The largest absolute Gasteiger partial charge is 0.416 e. The van der Waals surface area contributed by atoms with Gasteiger partial charge in [-0.1, -0.05) is 24.3 Å². The zero-order valence-electron chi connectivity index (χ0n) is 20.0. The lowest BCUT2D eigenvalue weighted by molar-refractivity contribution is -0.140. The molecule has 0 aliphatic carbocycles. The summed E-state index contributed by atoms with van der Waals surface area (Å²) >= 11 is 0. The fourth-order valence-electron chi connectivity index (χ4n) is 5.27. The Morgan fingerprint density at radius 1 is 1.17 bits per heavy atom. The summed E-state index contributed by atoms with van der Waals surface area (Å²) < 4.78 is 39.1. The Morgan fingerprint density at radius 2 is 1.94 bits per heavy atom. The van der Waals surface area contributed by atoms with Gasteiger partial charge in [-0.25, -0.2) is 0 Å². The predicted molar refractivity (Wildman–Crippen MR) is 129 cm³/mol. The highest BCUT2D eigenvalue weighted by Gasteiger charge is 2.43. The van der Waals surface area contributed by atoms with E-state index in [0.717, 1.165) is 36.2 Å². The first-order chi connectivity index (χ1) is 16.6. The van der Waals surface area contributed by atoms with E-state index in [2.05, 4.69) is 16.7 Å².